The third-order valence-corrected chi connectivity index (χ3v) is 3.84. The zero-order chi connectivity index (χ0) is 13.7. The highest BCUT2D eigenvalue weighted by molar-refractivity contribution is 9.10. The van der Waals surface area contributed by atoms with Gasteiger partial charge in [-0.3, -0.25) is 4.79 Å². The van der Waals surface area contributed by atoms with Crippen LogP contribution in [0.15, 0.2) is 28.7 Å². The largest absolute Gasteiger partial charge is 0.377 e. The van der Waals surface area contributed by atoms with Crippen molar-refractivity contribution < 1.29 is 9.53 Å². The summed E-state index contributed by atoms with van der Waals surface area (Å²) in [6.45, 7) is 2.81. The lowest BCUT2D eigenvalue weighted by Crippen LogP contribution is -2.49. The van der Waals surface area contributed by atoms with Crippen LogP contribution < -0.4 is 5.32 Å². The number of hydrogen-bond donors (Lipinski definition) is 1. The molecule has 1 aromatic carbocycles. The van der Waals surface area contributed by atoms with Crippen molar-refractivity contribution >= 4 is 21.8 Å². The van der Waals surface area contributed by atoms with E-state index < -0.39 is 0 Å². The first-order valence-corrected chi connectivity index (χ1v) is 7.30. The summed E-state index contributed by atoms with van der Waals surface area (Å²) >= 11 is 3.38. The van der Waals surface area contributed by atoms with Crippen LogP contribution in [0.5, 0.6) is 0 Å². The maximum atomic E-state index is 12.5. The van der Waals surface area contributed by atoms with Gasteiger partial charge in [-0.15, -0.1) is 0 Å². The monoisotopic (exact) mass is 326 g/mol. The minimum atomic E-state index is 0.0944. The van der Waals surface area contributed by atoms with Crippen LogP contribution in [-0.2, 0) is 4.74 Å². The lowest BCUT2D eigenvalue weighted by molar-refractivity contribution is -0.00389. The normalized spacial score (nSPS) is 19.5. The Kier molecular flexibility index (Phi) is 5.36. The first-order chi connectivity index (χ1) is 9.22. The number of amides is 1. The predicted octanol–water partition coefficient (Wildman–Crippen LogP) is 1.90. The molecule has 1 saturated heterocycles. The molecule has 1 atom stereocenters. The molecule has 1 aromatic rings. The Balaban J connectivity index is 2.08. The fourth-order valence-corrected chi connectivity index (χ4v) is 2.49. The number of rotatable bonds is 4. The molecule has 0 bridgehead atoms. The summed E-state index contributed by atoms with van der Waals surface area (Å²) < 4.78 is 6.47. The molecule has 1 amide bonds. The zero-order valence-corrected chi connectivity index (χ0v) is 12.6. The van der Waals surface area contributed by atoms with E-state index in [0.29, 0.717) is 19.8 Å². The number of carbonyl (C=O) groups excluding carboxylic acids is 1. The standard InChI is InChI=1S/C14H19BrN2O2/c1-16-7-6-13-10-19-9-8-17(13)14(18)11-2-4-12(15)5-3-11/h2-5,13,16H,6-10H2,1H3. The van der Waals surface area contributed by atoms with Crippen LogP contribution in [0.4, 0.5) is 0 Å². The number of hydrogen-bond acceptors (Lipinski definition) is 3. The molecule has 1 N–H and O–H groups in total. The van der Waals surface area contributed by atoms with Gasteiger partial charge in [-0.25, -0.2) is 0 Å². The van der Waals surface area contributed by atoms with Crippen molar-refractivity contribution in [2.45, 2.75) is 12.5 Å². The second-order valence-corrected chi connectivity index (χ2v) is 5.54. The quantitative estimate of drug-likeness (QED) is 0.918. The highest BCUT2D eigenvalue weighted by atomic mass is 79.9. The number of halogens is 1. The van der Waals surface area contributed by atoms with Crippen molar-refractivity contribution in [3.8, 4) is 0 Å². The van der Waals surface area contributed by atoms with Gasteiger partial charge < -0.3 is 15.0 Å². The van der Waals surface area contributed by atoms with E-state index >= 15 is 0 Å². The van der Waals surface area contributed by atoms with E-state index in [0.717, 1.165) is 23.0 Å². The molecule has 1 unspecified atom stereocenters. The van der Waals surface area contributed by atoms with Crippen molar-refractivity contribution in [1.82, 2.24) is 10.2 Å². The van der Waals surface area contributed by atoms with Gasteiger partial charge in [0, 0.05) is 16.6 Å². The first-order valence-electron chi connectivity index (χ1n) is 6.51. The fourth-order valence-electron chi connectivity index (χ4n) is 2.23. The molecule has 0 aliphatic carbocycles. The van der Waals surface area contributed by atoms with Gasteiger partial charge in [-0.1, -0.05) is 15.9 Å². The van der Waals surface area contributed by atoms with E-state index in [1.165, 1.54) is 0 Å². The molecule has 1 heterocycles. The van der Waals surface area contributed by atoms with Gasteiger partial charge in [-0.05, 0) is 44.3 Å². The minimum Gasteiger partial charge on any atom is -0.377 e. The Morgan fingerprint density at radius 3 is 2.89 bits per heavy atom. The smallest absolute Gasteiger partial charge is 0.254 e. The van der Waals surface area contributed by atoms with Crippen LogP contribution >= 0.6 is 15.9 Å². The van der Waals surface area contributed by atoms with E-state index in [-0.39, 0.29) is 11.9 Å². The van der Waals surface area contributed by atoms with Crippen LogP contribution in [0.1, 0.15) is 16.8 Å². The van der Waals surface area contributed by atoms with Crippen LogP contribution in [0.2, 0.25) is 0 Å². The van der Waals surface area contributed by atoms with Crippen LogP contribution in [-0.4, -0.2) is 50.2 Å². The van der Waals surface area contributed by atoms with Gasteiger partial charge in [0.25, 0.3) is 5.91 Å². The van der Waals surface area contributed by atoms with Gasteiger partial charge in [0.1, 0.15) is 0 Å². The number of ether oxygens (including phenoxy) is 1. The number of benzene rings is 1. The second-order valence-electron chi connectivity index (χ2n) is 4.63. The number of nitrogens with zero attached hydrogens (tertiary/aromatic N) is 1. The molecule has 1 fully saturated rings. The van der Waals surface area contributed by atoms with E-state index in [9.17, 15) is 4.79 Å². The molecule has 19 heavy (non-hydrogen) atoms. The maximum absolute atomic E-state index is 12.5. The summed E-state index contributed by atoms with van der Waals surface area (Å²) in [6, 6.07) is 7.68. The summed E-state index contributed by atoms with van der Waals surface area (Å²) in [4.78, 5) is 14.5. The molecule has 0 spiro atoms. The molecule has 2 rings (SSSR count). The molecule has 1 aliphatic heterocycles. The van der Waals surface area contributed by atoms with Crippen molar-refractivity contribution in [1.29, 1.82) is 0 Å². The first kappa shape index (κ1) is 14.5. The van der Waals surface area contributed by atoms with Gasteiger partial charge in [-0.2, -0.15) is 0 Å². The topological polar surface area (TPSA) is 41.6 Å². The number of morpholine rings is 1. The van der Waals surface area contributed by atoms with Crippen molar-refractivity contribution in [3.63, 3.8) is 0 Å². The Hall–Kier alpha value is -0.910. The van der Waals surface area contributed by atoms with Crippen LogP contribution in [0.3, 0.4) is 0 Å². The van der Waals surface area contributed by atoms with E-state index in [2.05, 4.69) is 21.2 Å². The third-order valence-electron chi connectivity index (χ3n) is 3.31. The molecule has 4 nitrogen and oxygen atoms in total. The lowest BCUT2D eigenvalue weighted by atomic mass is 10.1. The van der Waals surface area contributed by atoms with E-state index in [4.69, 9.17) is 4.74 Å². The molecular weight excluding hydrogens is 308 g/mol. The molecule has 104 valence electrons. The second kappa shape index (κ2) is 7.03. The Bertz CT molecular complexity index is 422. The lowest BCUT2D eigenvalue weighted by Gasteiger charge is -2.35. The van der Waals surface area contributed by atoms with Gasteiger partial charge in [0.2, 0.25) is 0 Å². The predicted molar refractivity (Wildman–Crippen MR) is 78.3 cm³/mol. The SMILES string of the molecule is CNCCC1COCCN1C(=O)c1ccc(Br)cc1. The summed E-state index contributed by atoms with van der Waals surface area (Å²) in [5, 5.41) is 3.12. The molecule has 0 aromatic heterocycles. The van der Waals surface area contributed by atoms with Crippen molar-refractivity contribution in [2.24, 2.45) is 0 Å². The van der Waals surface area contributed by atoms with Gasteiger partial charge >= 0.3 is 0 Å². The van der Waals surface area contributed by atoms with E-state index in [1.807, 2.05) is 36.2 Å². The zero-order valence-electron chi connectivity index (χ0n) is 11.1. The van der Waals surface area contributed by atoms with E-state index in [1.54, 1.807) is 0 Å². The minimum absolute atomic E-state index is 0.0944. The summed E-state index contributed by atoms with van der Waals surface area (Å²) in [5.74, 6) is 0.0944. The highest BCUT2D eigenvalue weighted by Gasteiger charge is 2.27. The van der Waals surface area contributed by atoms with Gasteiger partial charge in [0.15, 0.2) is 0 Å². The molecule has 0 saturated carbocycles. The molecule has 1 aliphatic rings. The van der Waals surface area contributed by atoms with Gasteiger partial charge in [0.05, 0.1) is 19.3 Å². The van der Waals surface area contributed by atoms with Crippen molar-refractivity contribution in [2.75, 3.05) is 33.4 Å². The Morgan fingerprint density at radius 1 is 1.47 bits per heavy atom. The number of carbonyl (C=O) groups is 1. The molecular formula is C14H19BrN2O2. The Morgan fingerprint density at radius 2 is 2.21 bits per heavy atom. The average Bonchev–Trinajstić information content (AvgIpc) is 2.45. The van der Waals surface area contributed by atoms with Crippen LogP contribution in [0.25, 0.3) is 0 Å². The highest BCUT2D eigenvalue weighted by Crippen LogP contribution is 2.17. The Labute approximate surface area is 122 Å². The third kappa shape index (κ3) is 3.78. The summed E-state index contributed by atoms with van der Waals surface area (Å²) in [6.07, 6.45) is 0.915. The van der Waals surface area contributed by atoms with Crippen molar-refractivity contribution in [3.05, 3.63) is 34.3 Å². The fraction of sp³-hybridized carbons (Fsp3) is 0.500. The number of nitrogens with one attached hydrogen (secondary N) is 1. The molecule has 5 heteroatoms. The summed E-state index contributed by atoms with van der Waals surface area (Å²) in [7, 11) is 1.92. The summed E-state index contributed by atoms with van der Waals surface area (Å²) in [5.41, 5.74) is 0.736. The maximum Gasteiger partial charge on any atom is 0.254 e. The average molecular weight is 327 g/mol. The van der Waals surface area contributed by atoms with Crippen LogP contribution in [0, 0.1) is 0 Å². The molecule has 0 radical (unpaired) electrons.